The van der Waals surface area contributed by atoms with E-state index in [4.69, 9.17) is 9.15 Å². The Morgan fingerprint density at radius 2 is 2.16 bits per heavy atom. The van der Waals surface area contributed by atoms with Gasteiger partial charge in [-0.05, 0) is 30.4 Å². The van der Waals surface area contributed by atoms with E-state index in [1.165, 1.54) is 18.2 Å². The number of rotatable bonds is 6. The Morgan fingerprint density at radius 3 is 2.84 bits per heavy atom. The first-order valence-electron chi connectivity index (χ1n) is 8.25. The first-order chi connectivity index (χ1) is 11.9. The highest BCUT2D eigenvalue weighted by Crippen LogP contribution is 2.29. The Hall–Kier alpha value is -2.64. The lowest BCUT2D eigenvalue weighted by atomic mass is 9.78. The molecule has 1 saturated carbocycles. The number of hydrogen-bond donors (Lipinski definition) is 1. The number of nitro groups is 1. The van der Waals surface area contributed by atoms with Gasteiger partial charge in [-0.25, -0.2) is 4.79 Å². The lowest BCUT2D eigenvalue weighted by Gasteiger charge is -2.34. The average Bonchev–Trinajstić information content (AvgIpc) is 3.04. The zero-order valence-corrected chi connectivity index (χ0v) is 14.3. The van der Waals surface area contributed by atoms with Crippen molar-refractivity contribution in [1.29, 1.82) is 0 Å². The van der Waals surface area contributed by atoms with Gasteiger partial charge in [-0.2, -0.15) is 0 Å². The minimum atomic E-state index is -0.723. The minimum Gasteiger partial charge on any atom is -0.452 e. The molecule has 0 aromatic carbocycles. The predicted molar refractivity (Wildman–Crippen MR) is 89.5 cm³/mol. The second-order valence-corrected chi connectivity index (χ2v) is 6.32. The van der Waals surface area contributed by atoms with E-state index in [1.807, 2.05) is 0 Å². The maximum absolute atomic E-state index is 11.9. The van der Waals surface area contributed by atoms with Gasteiger partial charge in [-0.15, -0.1) is 0 Å². The molecule has 1 fully saturated rings. The fraction of sp³-hybridized carbons (Fsp3) is 0.529. The second kappa shape index (κ2) is 8.46. The molecule has 8 heteroatoms. The van der Waals surface area contributed by atoms with E-state index in [2.05, 4.69) is 19.2 Å². The summed E-state index contributed by atoms with van der Waals surface area (Å²) < 4.78 is 9.74. The molecule has 25 heavy (non-hydrogen) atoms. The van der Waals surface area contributed by atoms with Crippen LogP contribution in [0.15, 0.2) is 22.6 Å². The van der Waals surface area contributed by atoms with Gasteiger partial charge >= 0.3 is 11.9 Å². The number of carbonyl (C=O) groups is 2. The van der Waals surface area contributed by atoms with Crippen LogP contribution in [0, 0.1) is 22.0 Å². The number of amides is 1. The molecular weight excluding hydrogens is 328 g/mol. The molecule has 3 atom stereocenters. The van der Waals surface area contributed by atoms with Crippen LogP contribution in [-0.2, 0) is 14.3 Å². The summed E-state index contributed by atoms with van der Waals surface area (Å²) in [5.41, 5.74) is 0. The van der Waals surface area contributed by atoms with E-state index in [9.17, 15) is 19.7 Å². The van der Waals surface area contributed by atoms with Crippen LogP contribution in [0.4, 0.5) is 5.88 Å². The fourth-order valence-electron chi connectivity index (χ4n) is 2.90. The van der Waals surface area contributed by atoms with E-state index in [0.29, 0.717) is 11.8 Å². The Bertz CT molecular complexity index is 666. The molecule has 1 amide bonds. The van der Waals surface area contributed by atoms with Gasteiger partial charge in [-0.3, -0.25) is 14.9 Å². The van der Waals surface area contributed by atoms with Crippen molar-refractivity contribution >= 4 is 23.8 Å². The first-order valence-corrected chi connectivity index (χ1v) is 8.25. The first kappa shape index (κ1) is 18.7. The monoisotopic (exact) mass is 350 g/mol. The molecule has 1 N–H and O–H groups in total. The van der Waals surface area contributed by atoms with Gasteiger partial charge in [0.2, 0.25) is 0 Å². The number of nitrogens with zero attached hydrogens (tertiary/aromatic N) is 1. The van der Waals surface area contributed by atoms with Crippen LogP contribution in [0.2, 0.25) is 0 Å². The summed E-state index contributed by atoms with van der Waals surface area (Å²) in [5.74, 6) is -0.369. The third-order valence-electron chi connectivity index (χ3n) is 4.57. The molecule has 136 valence electrons. The highest BCUT2D eigenvalue weighted by molar-refractivity contribution is 5.89. The normalized spacial score (nSPS) is 23.4. The highest BCUT2D eigenvalue weighted by atomic mass is 16.6. The molecule has 1 heterocycles. The predicted octanol–water partition coefficient (Wildman–Crippen LogP) is 2.69. The van der Waals surface area contributed by atoms with Crippen molar-refractivity contribution in [3.05, 3.63) is 34.1 Å². The number of hydrogen-bond acceptors (Lipinski definition) is 6. The molecule has 1 aromatic rings. The molecule has 0 spiro atoms. The molecule has 2 rings (SSSR count). The summed E-state index contributed by atoms with van der Waals surface area (Å²) in [7, 11) is 0. The van der Waals surface area contributed by atoms with Gasteiger partial charge in [0.1, 0.15) is 10.7 Å². The van der Waals surface area contributed by atoms with Gasteiger partial charge in [-0.1, -0.05) is 26.7 Å². The minimum absolute atomic E-state index is 0.106. The van der Waals surface area contributed by atoms with Crippen molar-refractivity contribution in [2.24, 2.45) is 11.8 Å². The lowest BCUT2D eigenvalue weighted by molar-refractivity contribution is -0.402. The van der Waals surface area contributed by atoms with Crippen LogP contribution in [-0.4, -0.2) is 29.4 Å². The van der Waals surface area contributed by atoms with Crippen LogP contribution in [0.3, 0.4) is 0 Å². The molecule has 0 radical (unpaired) electrons. The molecule has 1 aliphatic rings. The zero-order valence-electron chi connectivity index (χ0n) is 14.3. The number of ether oxygens (including phenoxy) is 1. The molecule has 1 aliphatic carbocycles. The molecule has 0 saturated heterocycles. The Kier molecular flexibility index (Phi) is 6.32. The van der Waals surface area contributed by atoms with Gasteiger partial charge in [0.15, 0.2) is 6.61 Å². The van der Waals surface area contributed by atoms with Crippen molar-refractivity contribution in [1.82, 2.24) is 5.32 Å². The van der Waals surface area contributed by atoms with Gasteiger partial charge in [0.25, 0.3) is 5.91 Å². The fourth-order valence-corrected chi connectivity index (χ4v) is 2.90. The van der Waals surface area contributed by atoms with E-state index < -0.39 is 16.8 Å². The van der Waals surface area contributed by atoms with Crippen LogP contribution in [0.1, 0.15) is 38.9 Å². The number of furan rings is 1. The maximum atomic E-state index is 11.9. The summed E-state index contributed by atoms with van der Waals surface area (Å²) >= 11 is 0. The van der Waals surface area contributed by atoms with E-state index >= 15 is 0 Å². The summed E-state index contributed by atoms with van der Waals surface area (Å²) in [5, 5.41) is 13.4. The Morgan fingerprint density at radius 1 is 1.40 bits per heavy atom. The lowest BCUT2D eigenvalue weighted by Crippen LogP contribution is -2.45. The largest absolute Gasteiger partial charge is 0.452 e. The SMILES string of the molecule is C[C@@H]1[C@H](C)CCC[C@@H]1NC(=O)COC(=O)/C=C/c1ccc([N+](=O)[O-])o1. The molecule has 0 unspecified atom stereocenters. The number of nitrogens with one attached hydrogen (secondary N) is 1. The van der Waals surface area contributed by atoms with Crippen molar-refractivity contribution < 1.29 is 23.7 Å². The molecule has 0 bridgehead atoms. The number of esters is 1. The van der Waals surface area contributed by atoms with Crippen LogP contribution in [0.25, 0.3) is 6.08 Å². The highest BCUT2D eigenvalue weighted by Gasteiger charge is 2.28. The molecule has 8 nitrogen and oxygen atoms in total. The van der Waals surface area contributed by atoms with Crippen molar-refractivity contribution in [3.8, 4) is 0 Å². The van der Waals surface area contributed by atoms with Gasteiger partial charge < -0.3 is 14.5 Å². The van der Waals surface area contributed by atoms with Crippen LogP contribution < -0.4 is 5.32 Å². The van der Waals surface area contributed by atoms with Crippen molar-refractivity contribution in [2.75, 3.05) is 6.61 Å². The summed E-state index contributed by atoms with van der Waals surface area (Å²) in [6, 6.07) is 2.65. The summed E-state index contributed by atoms with van der Waals surface area (Å²) in [4.78, 5) is 33.3. The van der Waals surface area contributed by atoms with E-state index in [1.54, 1.807) is 0 Å². The Balaban J connectivity index is 1.76. The quantitative estimate of drug-likeness (QED) is 0.365. The van der Waals surface area contributed by atoms with Crippen molar-refractivity contribution in [3.63, 3.8) is 0 Å². The van der Waals surface area contributed by atoms with Crippen LogP contribution >= 0.6 is 0 Å². The maximum Gasteiger partial charge on any atom is 0.433 e. The average molecular weight is 350 g/mol. The smallest absolute Gasteiger partial charge is 0.433 e. The standard InChI is InChI=1S/C17H22N2O6/c1-11-4-3-5-14(12(11)2)18-15(20)10-24-17(21)9-7-13-6-8-16(25-13)19(22)23/h6-9,11-12,14H,3-5,10H2,1-2H3,(H,18,20)/b9-7+/t11-,12-,14+/m1/s1. The second-order valence-electron chi connectivity index (χ2n) is 6.32. The number of carbonyl (C=O) groups excluding carboxylic acids is 2. The summed E-state index contributed by atoms with van der Waals surface area (Å²) in [6.45, 7) is 3.93. The van der Waals surface area contributed by atoms with Crippen LogP contribution in [0.5, 0.6) is 0 Å². The van der Waals surface area contributed by atoms with E-state index in [-0.39, 0.29) is 24.3 Å². The molecule has 0 aliphatic heterocycles. The van der Waals surface area contributed by atoms with Gasteiger partial charge in [0, 0.05) is 12.1 Å². The van der Waals surface area contributed by atoms with Crippen molar-refractivity contribution in [2.45, 2.75) is 39.2 Å². The third-order valence-corrected chi connectivity index (χ3v) is 4.57. The topological polar surface area (TPSA) is 112 Å². The summed E-state index contributed by atoms with van der Waals surface area (Å²) in [6.07, 6.45) is 5.48. The third kappa shape index (κ3) is 5.44. The molecular formula is C17H22N2O6. The molecule has 1 aromatic heterocycles. The van der Waals surface area contributed by atoms with E-state index in [0.717, 1.165) is 25.3 Å². The Labute approximate surface area is 145 Å². The van der Waals surface area contributed by atoms with Gasteiger partial charge in [0.05, 0.1) is 6.07 Å². The zero-order chi connectivity index (χ0) is 18.4.